The van der Waals surface area contributed by atoms with Gasteiger partial charge in [-0.05, 0) is 12.8 Å². The maximum Gasteiger partial charge on any atom is 0.129 e. The van der Waals surface area contributed by atoms with Crippen LogP contribution in [0.1, 0.15) is 25.5 Å². The number of nitrogens with zero attached hydrogens (tertiary/aromatic N) is 2. The van der Waals surface area contributed by atoms with Crippen LogP contribution in [-0.2, 0) is 6.42 Å². The van der Waals surface area contributed by atoms with Crippen molar-refractivity contribution in [3.05, 3.63) is 18.1 Å². The zero-order valence-corrected chi connectivity index (χ0v) is 8.45. The molecule has 0 spiro atoms. The van der Waals surface area contributed by atoms with Gasteiger partial charge in [0.25, 0.3) is 0 Å². The predicted octanol–water partition coefficient (Wildman–Crippen LogP) is 1.86. The average molecular weight is 189 g/mol. The summed E-state index contributed by atoms with van der Waals surface area (Å²) in [4.78, 5) is 8.23. The standard InChI is InChI=1S/C11H15N3/c1-3-5-6-7-12-11-8-10(4-2)13-9-14-11/h1,8-9H,4-7H2,2H3,(H,12,13,14). The van der Waals surface area contributed by atoms with E-state index < -0.39 is 0 Å². The first-order valence-corrected chi connectivity index (χ1v) is 4.85. The van der Waals surface area contributed by atoms with E-state index in [4.69, 9.17) is 6.42 Å². The Morgan fingerprint density at radius 3 is 3.07 bits per heavy atom. The van der Waals surface area contributed by atoms with Gasteiger partial charge in [-0.2, -0.15) is 0 Å². The smallest absolute Gasteiger partial charge is 0.129 e. The lowest BCUT2D eigenvalue weighted by Gasteiger charge is -2.04. The molecule has 0 unspecified atom stereocenters. The Morgan fingerprint density at radius 1 is 1.50 bits per heavy atom. The Morgan fingerprint density at radius 2 is 2.36 bits per heavy atom. The molecule has 3 heteroatoms. The fraction of sp³-hybridized carbons (Fsp3) is 0.455. The molecule has 74 valence electrons. The normalized spacial score (nSPS) is 9.43. The molecule has 0 saturated carbocycles. The molecule has 0 aliphatic heterocycles. The zero-order chi connectivity index (χ0) is 10.2. The first kappa shape index (κ1) is 10.5. The fourth-order valence-electron chi connectivity index (χ4n) is 1.09. The quantitative estimate of drug-likeness (QED) is 0.567. The van der Waals surface area contributed by atoms with Gasteiger partial charge in [-0.25, -0.2) is 9.97 Å². The van der Waals surface area contributed by atoms with Gasteiger partial charge in [0.2, 0.25) is 0 Å². The molecule has 0 radical (unpaired) electrons. The molecule has 3 nitrogen and oxygen atoms in total. The number of hydrogen-bond acceptors (Lipinski definition) is 3. The molecule has 0 atom stereocenters. The summed E-state index contributed by atoms with van der Waals surface area (Å²) in [5.74, 6) is 3.49. The van der Waals surface area contributed by atoms with Crippen molar-refractivity contribution in [2.24, 2.45) is 0 Å². The SMILES string of the molecule is C#CCCCNc1cc(CC)ncn1. The monoisotopic (exact) mass is 189 g/mol. The second-order valence-electron chi connectivity index (χ2n) is 2.98. The van der Waals surface area contributed by atoms with Crippen molar-refractivity contribution in [3.63, 3.8) is 0 Å². The predicted molar refractivity (Wildman–Crippen MR) is 58.0 cm³/mol. The zero-order valence-electron chi connectivity index (χ0n) is 8.45. The summed E-state index contributed by atoms with van der Waals surface area (Å²) in [7, 11) is 0. The topological polar surface area (TPSA) is 37.8 Å². The van der Waals surface area contributed by atoms with E-state index in [1.165, 1.54) is 0 Å². The van der Waals surface area contributed by atoms with Crippen LogP contribution in [-0.4, -0.2) is 16.5 Å². The Bertz CT molecular complexity index is 315. The molecule has 0 fully saturated rings. The molecule has 1 N–H and O–H groups in total. The van der Waals surface area contributed by atoms with E-state index >= 15 is 0 Å². The van der Waals surface area contributed by atoms with E-state index in [0.717, 1.165) is 37.3 Å². The molecule has 0 saturated heterocycles. The van der Waals surface area contributed by atoms with Crippen molar-refractivity contribution in [2.75, 3.05) is 11.9 Å². The summed E-state index contributed by atoms with van der Waals surface area (Å²) in [5, 5.41) is 3.21. The number of terminal acetylenes is 1. The largest absolute Gasteiger partial charge is 0.370 e. The molecular weight excluding hydrogens is 174 g/mol. The van der Waals surface area contributed by atoms with Crippen molar-refractivity contribution in [2.45, 2.75) is 26.2 Å². The van der Waals surface area contributed by atoms with E-state index in [0.29, 0.717) is 0 Å². The molecule has 0 bridgehead atoms. The van der Waals surface area contributed by atoms with Gasteiger partial charge in [0.15, 0.2) is 0 Å². The summed E-state index contributed by atoms with van der Waals surface area (Å²) in [6, 6.07) is 1.97. The van der Waals surface area contributed by atoms with Gasteiger partial charge in [0.1, 0.15) is 12.1 Å². The molecule has 0 aromatic carbocycles. The second kappa shape index (κ2) is 5.98. The number of hydrogen-bond donors (Lipinski definition) is 1. The highest BCUT2D eigenvalue weighted by Gasteiger charge is 1.95. The third-order valence-corrected chi connectivity index (χ3v) is 1.89. The summed E-state index contributed by atoms with van der Waals surface area (Å²) >= 11 is 0. The van der Waals surface area contributed by atoms with Crippen molar-refractivity contribution in [3.8, 4) is 12.3 Å². The number of aromatic nitrogens is 2. The maximum atomic E-state index is 5.15. The van der Waals surface area contributed by atoms with Crippen LogP contribution >= 0.6 is 0 Å². The van der Waals surface area contributed by atoms with E-state index in [2.05, 4.69) is 28.1 Å². The van der Waals surface area contributed by atoms with E-state index in [9.17, 15) is 0 Å². The Labute approximate surface area is 85.0 Å². The maximum absolute atomic E-state index is 5.15. The Balaban J connectivity index is 2.39. The highest BCUT2D eigenvalue weighted by Crippen LogP contribution is 2.04. The van der Waals surface area contributed by atoms with Gasteiger partial charge in [0, 0.05) is 24.7 Å². The molecular formula is C11H15N3. The van der Waals surface area contributed by atoms with Gasteiger partial charge in [0.05, 0.1) is 0 Å². The minimum absolute atomic E-state index is 0.804. The molecule has 0 aliphatic carbocycles. The summed E-state index contributed by atoms with van der Waals surface area (Å²) < 4.78 is 0. The van der Waals surface area contributed by atoms with Crippen LogP contribution < -0.4 is 5.32 Å². The number of anilines is 1. The van der Waals surface area contributed by atoms with E-state index in [-0.39, 0.29) is 0 Å². The van der Waals surface area contributed by atoms with Crippen LogP contribution in [0, 0.1) is 12.3 Å². The second-order valence-corrected chi connectivity index (χ2v) is 2.98. The highest BCUT2D eigenvalue weighted by molar-refractivity contribution is 5.34. The molecule has 0 amide bonds. The summed E-state index contributed by atoms with van der Waals surface area (Å²) in [6.45, 7) is 2.94. The van der Waals surface area contributed by atoms with Gasteiger partial charge in [-0.15, -0.1) is 12.3 Å². The highest BCUT2D eigenvalue weighted by atomic mass is 15.0. The lowest BCUT2D eigenvalue weighted by molar-refractivity contribution is 0.895. The lowest BCUT2D eigenvalue weighted by Crippen LogP contribution is -2.04. The van der Waals surface area contributed by atoms with Gasteiger partial charge in [-0.3, -0.25) is 0 Å². The number of nitrogens with one attached hydrogen (secondary N) is 1. The van der Waals surface area contributed by atoms with Gasteiger partial charge >= 0.3 is 0 Å². The minimum atomic E-state index is 0.804. The first-order chi connectivity index (χ1) is 6.86. The van der Waals surface area contributed by atoms with Crippen molar-refractivity contribution in [1.82, 2.24) is 9.97 Å². The molecule has 1 aromatic rings. The van der Waals surface area contributed by atoms with E-state index in [1.54, 1.807) is 6.33 Å². The Kier molecular flexibility index (Phi) is 4.49. The van der Waals surface area contributed by atoms with Crippen molar-refractivity contribution in [1.29, 1.82) is 0 Å². The van der Waals surface area contributed by atoms with Gasteiger partial charge in [-0.1, -0.05) is 6.92 Å². The molecule has 0 aliphatic rings. The van der Waals surface area contributed by atoms with Crippen LogP contribution in [0.2, 0.25) is 0 Å². The number of aryl methyl sites for hydroxylation is 1. The van der Waals surface area contributed by atoms with Crippen LogP contribution in [0.3, 0.4) is 0 Å². The summed E-state index contributed by atoms with van der Waals surface area (Å²) in [5.41, 5.74) is 1.06. The number of unbranched alkanes of at least 4 members (excludes halogenated alkanes) is 1. The Hall–Kier alpha value is -1.56. The van der Waals surface area contributed by atoms with Crippen LogP contribution in [0.4, 0.5) is 5.82 Å². The molecule has 14 heavy (non-hydrogen) atoms. The molecule has 1 aromatic heterocycles. The van der Waals surface area contributed by atoms with Crippen molar-refractivity contribution >= 4 is 5.82 Å². The first-order valence-electron chi connectivity index (χ1n) is 4.85. The molecule has 1 heterocycles. The van der Waals surface area contributed by atoms with Crippen LogP contribution in [0.15, 0.2) is 12.4 Å². The third-order valence-electron chi connectivity index (χ3n) is 1.89. The fourth-order valence-corrected chi connectivity index (χ4v) is 1.09. The molecule has 1 rings (SSSR count). The van der Waals surface area contributed by atoms with Gasteiger partial charge < -0.3 is 5.32 Å². The average Bonchev–Trinajstić information content (AvgIpc) is 2.25. The summed E-state index contributed by atoms with van der Waals surface area (Å²) in [6.07, 6.45) is 9.45. The van der Waals surface area contributed by atoms with Crippen molar-refractivity contribution < 1.29 is 0 Å². The van der Waals surface area contributed by atoms with Crippen LogP contribution in [0.25, 0.3) is 0 Å². The van der Waals surface area contributed by atoms with Crippen LogP contribution in [0.5, 0.6) is 0 Å². The number of rotatable bonds is 5. The third kappa shape index (κ3) is 3.44. The lowest BCUT2D eigenvalue weighted by atomic mass is 10.3. The minimum Gasteiger partial charge on any atom is -0.370 e. The van der Waals surface area contributed by atoms with E-state index in [1.807, 2.05) is 6.07 Å².